The van der Waals surface area contributed by atoms with Crippen molar-refractivity contribution in [2.45, 2.75) is 32.2 Å². The third-order valence-corrected chi connectivity index (χ3v) is 7.75. The number of benzene rings is 2. The highest BCUT2D eigenvalue weighted by molar-refractivity contribution is 7.92. The second-order valence-corrected chi connectivity index (χ2v) is 11.1. The second-order valence-electron chi connectivity index (χ2n) is 8.17. The Morgan fingerprint density at radius 1 is 1.06 bits per heavy atom. The van der Waals surface area contributed by atoms with E-state index in [-0.39, 0.29) is 11.9 Å². The van der Waals surface area contributed by atoms with Crippen molar-refractivity contribution >= 4 is 33.0 Å². The van der Waals surface area contributed by atoms with Gasteiger partial charge in [-0.1, -0.05) is 44.2 Å². The van der Waals surface area contributed by atoms with Crippen LogP contribution in [0, 0.1) is 0 Å². The predicted molar refractivity (Wildman–Crippen MR) is 126 cm³/mol. The van der Waals surface area contributed by atoms with Gasteiger partial charge in [0, 0.05) is 17.0 Å². The molecule has 1 unspecified atom stereocenters. The van der Waals surface area contributed by atoms with E-state index < -0.39 is 10.0 Å². The highest BCUT2D eigenvalue weighted by Crippen LogP contribution is 2.32. The van der Waals surface area contributed by atoms with Gasteiger partial charge in [0.25, 0.3) is 5.91 Å². The lowest BCUT2D eigenvalue weighted by Crippen LogP contribution is -2.29. The minimum atomic E-state index is -3.31. The van der Waals surface area contributed by atoms with Crippen molar-refractivity contribution < 1.29 is 13.2 Å². The molecule has 0 spiro atoms. The molecule has 31 heavy (non-hydrogen) atoms. The lowest BCUT2D eigenvalue weighted by molar-refractivity contribution is 0.0943. The minimum Gasteiger partial charge on any atom is -0.340 e. The van der Waals surface area contributed by atoms with E-state index in [1.165, 1.54) is 16.1 Å². The van der Waals surface area contributed by atoms with E-state index >= 15 is 0 Å². The van der Waals surface area contributed by atoms with Crippen molar-refractivity contribution in [2.75, 3.05) is 17.1 Å². The molecule has 1 aliphatic heterocycles. The fourth-order valence-electron chi connectivity index (χ4n) is 3.92. The first-order valence-electron chi connectivity index (χ1n) is 10.3. The van der Waals surface area contributed by atoms with E-state index in [1.54, 1.807) is 23.5 Å². The first-order valence-corrected chi connectivity index (χ1v) is 13.0. The van der Waals surface area contributed by atoms with E-state index in [4.69, 9.17) is 0 Å². The summed E-state index contributed by atoms with van der Waals surface area (Å²) in [6, 6.07) is 17.4. The average molecular weight is 455 g/mol. The molecule has 0 saturated carbocycles. The van der Waals surface area contributed by atoms with Crippen LogP contribution < -0.4 is 9.62 Å². The van der Waals surface area contributed by atoms with Gasteiger partial charge < -0.3 is 5.32 Å². The van der Waals surface area contributed by atoms with E-state index in [9.17, 15) is 13.2 Å². The third-order valence-electron chi connectivity index (χ3n) is 5.63. The van der Waals surface area contributed by atoms with Crippen LogP contribution in [0.25, 0.3) is 0 Å². The van der Waals surface area contributed by atoms with Crippen LogP contribution in [0.3, 0.4) is 0 Å². The zero-order valence-corrected chi connectivity index (χ0v) is 19.5. The Morgan fingerprint density at radius 3 is 2.39 bits per heavy atom. The molecule has 0 radical (unpaired) electrons. The molecule has 4 rings (SSSR count). The van der Waals surface area contributed by atoms with E-state index in [2.05, 4.69) is 43.4 Å². The average Bonchev–Trinajstić information content (AvgIpc) is 3.41. The minimum absolute atomic E-state index is 0.174. The highest BCUT2D eigenvalue weighted by Gasteiger charge is 2.27. The topological polar surface area (TPSA) is 66.5 Å². The summed E-state index contributed by atoms with van der Waals surface area (Å²) in [6.07, 6.45) is 1.81. The SMILES string of the molecule is CC(C)c1ccc(C(NC(=O)c2ccc3c(c2)CCN3S(C)(=O)=O)c2cccs2)cc1. The number of hydrogen-bond donors (Lipinski definition) is 1. The smallest absolute Gasteiger partial charge is 0.252 e. The van der Waals surface area contributed by atoms with Gasteiger partial charge in [0.05, 0.1) is 18.0 Å². The number of fused-ring (bicyclic) bond motifs is 1. The van der Waals surface area contributed by atoms with Gasteiger partial charge in [-0.05, 0) is 58.7 Å². The fraction of sp³-hybridized carbons (Fsp3) is 0.292. The van der Waals surface area contributed by atoms with Gasteiger partial charge in [-0.2, -0.15) is 0 Å². The summed E-state index contributed by atoms with van der Waals surface area (Å²) in [6.45, 7) is 4.73. The van der Waals surface area contributed by atoms with E-state index in [1.807, 2.05) is 23.6 Å². The van der Waals surface area contributed by atoms with E-state index in [0.29, 0.717) is 30.1 Å². The van der Waals surface area contributed by atoms with Gasteiger partial charge in [-0.15, -0.1) is 11.3 Å². The number of nitrogens with one attached hydrogen (secondary N) is 1. The molecule has 162 valence electrons. The molecule has 3 aromatic rings. The lowest BCUT2D eigenvalue weighted by atomic mass is 9.98. The molecule has 0 bridgehead atoms. The maximum atomic E-state index is 13.1. The molecule has 1 aliphatic rings. The van der Waals surface area contributed by atoms with Crippen molar-refractivity contribution in [3.05, 3.63) is 87.1 Å². The summed E-state index contributed by atoms with van der Waals surface area (Å²) >= 11 is 1.61. The first kappa shape index (κ1) is 21.6. The number of rotatable bonds is 6. The Labute approximate surface area is 187 Å². The van der Waals surface area contributed by atoms with Crippen LogP contribution in [0.15, 0.2) is 60.0 Å². The third kappa shape index (κ3) is 4.52. The van der Waals surface area contributed by atoms with Crippen molar-refractivity contribution in [1.82, 2.24) is 5.32 Å². The van der Waals surface area contributed by atoms with Crippen LogP contribution in [0.2, 0.25) is 0 Å². The molecule has 1 aromatic heterocycles. The van der Waals surface area contributed by atoms with Gasteiger partial charge in [0.2, 0.25) is 10.0 Å². The van der Waals surface area contributed by atoms with Crippen molar-refractivity contribution in [1.29, 1.82) is 0 Å². The molecule has 0 fully saturated rings. The number of amides is 1. The number of anilines is 1. The first-order chi connectivity index (χ1) is 14.7. The monoisotopic (exact) mass is 454 g/mol. The zero-order chi connectivity index (χ0) is 22.2. The second kappa shape index (κ2) is 8.48. The van der Waals surface area contributed by atoms with Crippen LogP contribution in [0.1, 0.15) is 57.7 Å². The van der Waals surface area contributed by atoms with Crippen LogP contribution in [0.5, 0.6) is 0 Å². The van der Waals surface area contributed by atoms with Crippen LogP contribution in [0.4, 0.5) is 5.69 Å². The van der Waals surface area contributed by atoms with Gasteiger partial charge in [0.15, 0.2) is 0 Å². The van der Waals surface area contributed by atoms with Gasteiger partial charge >= 0.3 is 0 Å². The summed E-state index contributed by atoms with van der Waals surface area (Å²) in [5.74, 6) is 0.272. The number of nitrogens with zero attached hydrogens (tertiary/aromatic N) is 1. The van der Waals surface area contributed by atoms with Crippen LogP contribution in [-0.4, -0.2) is 27.1 Å². The molecule has 1 atom stereocenters. The predicted octanol–water partition coefficient (Wildman–Crippen LogP) is 4.71. The van der Waals surface area contributed by atoms with Gasteiger partial charge in [0.1, 0.15) is 0 Å². The Hall–Kier alpha value is -2.64. The summed E-state index contributed by atoms with van der Waals surface area (Å²) in [5.41, 5.74) is 4.37. The summed E-state index contributed by atoms with van der Waals surface area (Å²) in [5, 5.41) is 5.18. The summed E-state index contributed by atoms with van der Waals surface area (Å²) < 4.78 is 25.3. The maximum Gasteiger partial charge on any atom is 0.252 e. The van der Waals surface area contributed by atoms with Gasteiger partial charge in [-0.25, -0.2) is 8.42 Å². The van der Waals surface area contributed by atoms with Crippen molar-refractivity contribution in [3.63, 3.8) is 0 Å². The number of carbonyl (C=O) groups is 1. The Morgan fingerprint density at radius 2 is 1.77 bits per heavy atom. The zero-order valence-electron chi connectivity index (χ0n) is 17.8. The van der Waals surface area contributed by atoms with Crippen LogP contribution >= 0.6 is 11.3 Å². The highest BCUT2D eigenvalue weighted by atomic mass is 32.2. The molecule has 1 N–H and O–H groups in total. The van der Waals surface area contributed by atoms with Crippen LogP contribution in [-0.2, 0) is 16.4 Å². The number of thiophene rings is 1. The standard InChI is InChI=1S/C24H26N2O3S2/c1-16(2)17-6-8-18(9-7-17)23(22-5-4-14-30-22)25-24(27)20-10-11-21-19(15-20)12-13-26(21)31(3,28)29/h4-11,14-16,23H,12-13H2,1-3H3,(H,25,27). The molecule has 0 aliphatic carbocycles. The Balaban J connectivity index is 1.60. The molecule has 2 heterocycles. The molecule has 0 saturated heterocycles. The molecular formula is C24H26N2O3S2. The molecule has 2 aromatic carbocycles. The molecule has 1 amide bonds. The normalized spacial score (nSPS) is 14.5. The van der Waals surface area contributed by atoms with Crippen molar-refractivity contribution in [3.8, 4) is 0 Å². The molecular weight excluding hydrogens is 428 g/mol. The number of hydrogen-bond acceptors (Lipinski definition) is 4. The van der Waals surface area contributed by atoms with Gasteiger partial charge in [-0.3, -0.25) is 9.10 Å². The maximum absolute atomic E-state index is 13.1. The molecule has 7 heteroatoms. The fourth-order valence-corrected chi connectivity index (χ4v) is 5.68. The summed E-state index contributed by atoms with van der Waals surface area (Å²) in [4.78, 5) is 14.2. The Kier molecular flexibility index (Phi) is 5.90. The quantitative estimate of drug-likeness (QED) is 0.586. The largest absolute Gasteiger partial charge is 0.340 e. The number of sulfonamides is 1. The van der Waals surface area contributed by atoms with Crippen molar-refractivity contribution in [2.24, 2.45) is 0 Å². The lowest BCUT2D eigenvalue weighted by Gasteiger charge is -2.20. The van der Waals surface area contributed by atoms with E-state index in [0.717, 1.165) is 16.0 Å². The summed E-state index contributed by atoms with van der Waals surface area (Å²) in [7, 11) is -3.31. The molecule has 5 nitrogen and oxygen atoms in total. The number of carbonyl (C=O) groups excluding carboxylic acids is 1. The Bertz CT molecular complexity index is 1180.